The molecule has 3 N–H and O–H groups in total. The third kappa shape index (κ3) is 3.38. The lowest BCUT2D eigenvalue weighted by Crippen LogP contribution is -2.48. The van der Waals surface area contributed by atoms with Crippen molar-refractivity contribution in [2.45, 2.75) is 33.4 Å². The maximum Gasteiger partial charge on any atom is 0.237 e. The van der Waals surface area contributed by atoms with Gasteiger partial charge in [0, 0.05) is 26.0 Å². The number of aromatic nitrogens is 1. The van der Waals surface area contributed by atoms with E-state index in [1.165, 1.54) is 0 Å². The molecule has 0 saturated heterocycles. The van der Waals surface area contributed by atoms with Crippen molar-refractivity contribution >= 4 is 5.91 Å². The summed E-state index contributed by atoms with van der Waals surface area (Å²) in [4.78, 5) is 11.7. The Morgan fingerprint density at radius 3 is 2.62 bits per heavy atom. The lowest BCUT2D eigenvalue weighted by atomic mass is 9.87. The molecule has 4 nitrogen and oxygen atoms in total. The third-order valence-corrected chi connectivity index (χ3v) is 2.58. The molecule has 0 bridgehead atoms. The second-order valence-corrected chi connectivity index (χ2v) is 5.25. The quantitative estimate of drug-likeness (QED) is 0.803. The first-order valence-electron chi connectivity index (χ1n) is 5.45. The molecule has 90 valence electrons. The van der Waals surface area contributed by atoms with E-state index in [4.69, 9.17) is 5.73 Å². The van der Waals surface area contributed by atoms with E-state index in [0.29, 0.717) is 6.54 Å². The molecule has 1 heterocycles. The molecule has 0 radical (unpaired) electrons. The zero-order valence-corrected chi connectivity index (χ0v) is 10.4. The van der Waals surface area contributed by atoms with Crippen molar-refractivity contribution in [3.8, 4) is 0 Å². The number of amides is 1. The lowest BCUT2D eigenvalue weighted by molar-refractivity contribution is -0.124. The maximum absolute atomic E-state index is 11.7. The van der Waals surface area contributed by atoms with Gasteiger partial charge >= 0.3 is 0 Å². The van der Waals surface area contributed by atoms with Gasteiger partial charge in [0.25, 0.3) is 0 Å². The molecule has 0 fully saturated rings. The Hall–Kier alpha value is -1.29. The second-order valence-electron chi connectivity index (χ2n) is 5.25. The predicted molar refractivity (Wildman–Crippen MR) is 64.7 cm³/mol. The van der Waals surface area contributed by atoms with Crippen molar-refractivity contribution in [3.63, 3.8) is 0 Å². The minimum absolute atomic E-state index is 0.101. The van der Waals surface area contributed by atoms with Crippen LogP contribution in [0.1, 0.15) is 26.3 Å². The minimum atomic E-state index is -0.476. The van der Waals surface area contributed by atoms with Crippen LogP contribution in [0.3, 0.4) is 0 Å². The molecule has 0 aromatic carbocycles. The summed E-state index contributed by atoms with van der Waals surface area (Å²) in [7, 11) is 1.95. The first-order chi connectivity index (χ1) is 7.30. The normalized spacial score (nSPS) is 13.6. The van der Waals surface area contributed by atoms with Gasteiger partial charge in [-0.25, -0.2) is 0 Å². The topological polar surface area (TPSA) is 60.0 Å². The first-order valence-corrected chi connectivity index (χ1v) is 5.45. The smallest absolute Gasteiger partial charge is 0.237 e. The van der Waals surface area contributed by atoms with E-state index in [1.807, 2.05) is 50.8 Å². The van der Waals surface area contributed by atoms with Gasteiger partial charge in [-0.15, -0.1) is 0 Å². The molecule has 1 aromatic heterocycles. The predicted octanol–water partition coefficient (Wildman–Crippen LogP) is 1.01. The Balaban J connectivity index is 2.47. The number of nitrogens with zero attached hydrogens (tertiary/aromatic N) is 1. The summed E-state index contributed by atoms with van der Waals surface area (Å²) >= 11 is 0. The summed E-state index contributed by atoms with van der Waals surface area (Å²) in [6, 6.07) is 1.50. The summed E-state index contributed by atoms with van der Waals surface area (Å²) in [5.74, 6) is -0.101. The Morgan fingerprint density at radius 2 is 2.19 bits per heavy atom. The average molecular weight is 223 g/mol. The summed E-state index contributed by atoms with van der Waals surface area (Å²) in [5.41, 5.74) is 6.72. The van der Waals surface area contributed by atoms with Crippen LogP contribution in [-0.4, -0.2) is 16.5 Å². The van der Waals surface area contributed by atoms with E-state index in [0.717, 1.165) is 5.56 Å². The van der Waals surface area contributed by atoms with Crippen LogP contribution in [0, 0.1) is 5.41 Å². The van der Waals surface area contributed by atoms with Crippen LogP contribution in [0.25, 0.3) is 0 Å². The summed E-state index contributed by atoms with van der Waals surface area (Å²) in [5, 5.41) is 2.84. The Morgan fingerprint density at radius 1 is 1.56 bits per heavy atom. The first kappa shape index (κ1) is 12.8. The minimum Gasteiger partial charge on any atom is -0.357 e. The Bertz CT molecular complexity index is 363. The average Bonchev–Trinajstić information content (AvgIpc) is 2.58. The van der Waals surface area contributed by atoms with Crippen molar-refractivity contribution in [2.24, 2.45) is 18.2 Å². The zero-order chi connectivity index (χ0) is 12.3. The number of aryl methyl sites for hydroxylation is 1. The standard InChI is InChI=1S/C12H21N3O/c1-12(2,3)10(13)11(16)14-7-9-5-6-15(4)8-9/h5-6,8,10H,7,13H2,1-4H3,(H,14,16). The molecule has 0 spiro atoms. The maximum atomic E-state index is 11.7. The molecule has 1 rings (SSSR count). The number of nitrogens with two attached hydrogens (primary N) is 1. The third-order valence-electron chi connectivity index (χ3n) is 2.58. The molecule has 4 heteroatoms. The van der Waals surface area contributed by atoms with Crippen LogP contribution >= 0.6 is 0 Å². The van der Waals surface area contributed by atoms with E-state index in [2.05, 4.69) is 5.32 Å². The summed E-state index contributed by atoms with van der Waals surface area (Å²) in [6.45, 7) is 6.41. The van der Waals surface area contributed by atoms with Crippen molar-refractivity contribution < 1.29 is 4.79 Å². The van der Waals surface area contributed by atoms with Gasteiger partial charge in [0.2, 0.25) is 5.91 Å². The fourth-order valence-electron chi connectivity index (χ4n) is 1.36. The van der Waals surface area contributed by atoms with Crippen LogP contribution in [0.15, 0.2) is 18.5 Å². The molecule has 1 atom stereocenters. The number of hydrogen-bond donors (Lipinski definition) is 2. The molecule has 1 aromatic rings. The van der Waals surface area contributed by atoms with Crippen LogP contribution in [0.5, 0.6) is 0 Å². The summed E-state index contributed by atoms with van der Waals surface area (Å²) in [6.07, 6.45) is 3.92. The molecular formula is C12H21N3O. The van der Waals surface area contributed by atoms with Crippen LogP contribution < -0.4 is 11.1 Å². The highest BCUT2D eigenvalue weighted by atomic mass is 16.2. The van der Waals surface area contributed by atoms with E-state index in [1.54, 1.807) is 0 Å². The van der Waals surface area contributed by atoms with E-state index < -0.39 is 6.04 Å². The Labute approximate surface area is 96.8 Å². The molecular weight excluding hydrogens is 202 g/mol. The molecule has 0 saturated carbocycles. The number of carbonyl (C=O) groups is 1. The van der Waals surface area contributed by atoms with Gasteiger partial charge in [0.15, 0.2) is 0 Å². The van der Waals surface area contributed by atoms with Gasteiger partial charge in [0.1, 0.15) is 0 Å². The fraction of sp³-hybridized carbons (Fsp3) is 0.583. The molecule has 0 aliphatic carbocycles. The monoisotopic (exact) mass is 223 g/mol. The lowest BCUT2D eigenvalue weighted by Gasteiger charge is -2.25. The number of carbonyl (C=O) groups excluding carboxylic acids is 1. The van der Waals surface area contributed by atoms with E-state index in [9.17, 15) is 4.79 Å². The van der Waals surface area contributed by atoms with E-state index in [-0.39, 0.29) is 11.3 Å². The largest absolute Gasteiger partial charge is 0.357 e. The van der Waals surface area contributed by atoms with Gasteiger partial charge in [0.05, 0.1) is 6.04 Å². The fourth-order valence-corrected chi connectivity index (χ4v) is 1.36. The SMILES string of the molecule is Cn1ccc(CNC(=O)C(N)C(C)(C)C)c1. The van der Waals surface area contributed by atoms with Crippen molar-refractivity contribution in [2.75, 3.05) is 0 Å². The molecule has 1 amide bonds. The van der Waals surface area contributed by atoms with Gasteiger partial charge < -0.3 is 15.6 Å². The van der Waals surface area contributed by atoms with Gasteiger partial charge in [-0.05, 0) is 17.0 Å². The summed E-state index contributed by atoms with van der Waals surface area (Å²) < 4.78 is 1.95. The van der Waals surface area contributed by atoms with Crippen molar-refractivity contribution in [3.05, 3.63) is 24.0 Å². The number of rotatable bonds is 3. The molecule has 16 heavy (non-hydrogen) atoms. The number of nitrogens with one attached hydrogen (secondary N) is 1. The molecule has 0 aliphatic rings. The van der Waals surface area contributed by atoms with E-state index >= 15 is 0 Å². The van der Waals surface area contributed by atoms with Crippen molar-refractivity contribution in [1.29, 1.82) is 0 Å². The highest BCUT2D eigenvalue weighted by Gasteiger charge is 2.26. The number of hydrogen-bond acceptors (Lipinski definition) is 2. The van der Waals surface area contributed by atoms with Crippen molar-refractivity contribution in [1.82, 2.24) is 9.88 Å². The van der Waals surface area contributed by atoms with Gasteiger partial charge in [-0.1, -0.05) is 20.8 Å². The highest BCUT2D eigenvalue weighted by molar-refractivity contribution is 5.82. The van der Waals surface area contributed by atoms with Crippen LogP contribution in [0.4, 0.5) is 0 Å². The van der Waals surface area contributed by atoms with Gasteiger partial charge in [-0.2, -0.15) is 0 Å². The van der Waals surface area contributed by atoms with Crippen LogP contribution in [-0.2, 0) is 18.4 Å². The second kappa shape index (κ2) is 4.70. The van der Waals surface area contributed by atoms with Gasteiger partial charge in [-0.3, -0.25) is 4.79 Å². The molecule has 1 unspecified atom stereocenters. The molecule has 0 aliphatic heterocycles. The highest BCUT2D eigenvalue weighted by Crippen LogP contribution is 2.17. The Kier molecular flexibility index (Phi) is 3.75. The zero-order valence-electron chi connectivity index (χ0n) is 10.4. The van der Waals surface area contributed by atoms with Crippen LogP contribution in [0.2, 0.25) is 0 Å².